The van der Waals surface area contributed by atoms with Gasteiger partial charge in [0.25, 0.3) is 0 Å². The molecule has 0 bridgehead atoms. The molecule has 1 aromatic heterocycles. The second-order valence-corrected chi connectivity index (χ2v) is 11.7. The van der Waals surface area contributed by atoms with Crippen LogP contribution in [0.4, 0.5) is 0 Å². The van der Waals surface area contributed by atoms with Crippen LogP contribution in [-0.2, 0) is 33.4 Å². The standard InChI is InChI=1S/C29H34O10/c1-15(31)38-18-11-21(39-16(2)32)29(14-30)20-8-9-27(3)23(17-5-6-22(33)37-13-17)25(34)26(36-4)24(27)19(20)7-10-28(29,35)12-18/h5-6,13-14,18-21,23,35H,7-12H2,1-4H3/t18-,19+,20-,21+,23-,27+,28-,29-/m0/s1. The van der Waals surface area contributed by atoms with Crippen molar-refractivity contribution in [2.24, 2.45) is 22.7 Å². The van der Waals surface area contributed by atoms with E-state index in [1.54, 1.807) is 6.07 Å². The molecule has 0 unspecified atom stereocenters. The van der Waals surface area contributed by atoms with Crippen molar-refractivity contribution in [2.75, 3.05) is 7.11 Å². The van der Waals surface area contributed by atoms with Crippen LogP contribution in [-0.4, -0.2) is 54.0 Å². The molecule has 4 aliphatic rings. The molecule has 39 heavy (non-hydrogen) atoms. The number of fused-ring (bicyclic) bond motifs is 5. The van der Waals surface area contributed by atoms with Gasteiger partial charge in [-0.05, 0) is 54.7 Å². The van der Waals surface area contributed by atoms with Gasteiger partial charge in [0.2, 0.25) is 5.78 Å². The van der Waals surface area contributed by atoms with Gasteiger partial charge in [0.1, 0.15) is 18.5 Å². The first kappa shape index (κ1) is 27.3. The van der Waals surface area contributed by atoms with Gasteiger partial charge in [-0.15, -0.1) is 0 Å². The molecule has 0 aliphatic heterocycles. The lowest BCUT2D eigenvalue weighted by Crippen LogP contribution is -2.70. The molecule has 0 aromatic carbocycles. The van der Waals surface area contributed by atoms with E-state index < -0.39 is 58.0 Å². The molecule has 5 rings (SSSR count). The molecule has 1 aromatic rings. The number of aldehydes is 1. The van der Waals surface area contributed by atoms with Crippen molar-refractivity contribution in [1.29, 1.82) is 0 Å². The van der Waals surface area contributed by atoms with Crippen molar-refractivity contribution in [2.45, 2.75) is 83.0 Å². The van der Waals surface area contributed by atoms with E-state index in [1.165, 1.54) is 33.3 Å². The number of hydrogen-bond acceptors (Lipinski definition) is 10. The van der Waals surface area contributed by atoms with Crippen LogP contribution in [0, 0.1) is 22.7 Å². The molecule has 3 fully saturated rings. The topological polar surface area (TPSA) is 146 Å². The monoisotopic (exact) mass is 542 g/mol. The quantitative estimate of drug-likeness (QED) is 0.435. The van der Waals surface area contributed by atoms with Crippen LogP contribution >= 0.6 is 0 Å². The van der Waals surface area contributed by atoms with Crippen molar-refractivity contribution in [3.63, 3.8) is 0 Å². The summed E-state index contributed by atoms with van der Waals surface area (Å²) in [6.45, 7) is 4.51. The summed E-state index contributed by atoms with van der Waals surface area (Å²) in [5.41, 5.74) is -2.88. The van der Waals surface area contributed by atoms with Crippen molar-refractivity contribution < 1.29 is 42.9 Å². The average Bonchev–Trinajstić information content (AvgIpc) is 3.09. The molecule has 0 radical (unpaired) electrons. The van der Waals surface area contributed by atoms with Gasteiger partial charge in [-0.1, -0.05) is 6.92 Å². The Morgan fingerprint density at radius 3 is 2.41 bits per heavy atom. The van der Waals surface area contributed by atoms with E-state index in [4.69, 9.17) is 18.6 Å². The predicted molar refractivity (Wildman–Crippen MR) is 134 cm³/mol. The summed E-state index contributed by atoms with van der Waals surface area (Å²) in [6, 6.07) is 2.89. The maximum Gasteiger partial charge on any atom is 0.335 e. The Balaban J connectivity index is 1.61. The molecular formula is C29H34O10. The third-order valence-electron chi connectivity index (χ3n) is 9.77. The summed E-state index contributed by atoms with van der Waals surface area (Å²) < 4.78 is 22.0. The summed E-state index contributed by atoms with van der Waals surface area (Å²) in [6.07, 6.45) is 2.04. The van der Waals surface area contributed by atoms with E-state index in [2.05, 4.69) is 0 Å². The number of rotatable bonds is 5. The summed E-state index contributed by atoms with van der Waals surface area (Å²) in [4.78, 5) is 62.5. The number of methoxy groups -OCH3 is 1. The first-order chi connectivity index (χ1) is 18.4. The summed E-state index contributed by atoms with van der Waals surface area (Å²) in [5.74, 6) is -2.51. The van der Waals surface area contributed by atoms with Crippen molar-refractivity contribution in [3.05, 3.63) is 45.7 Å². The predicted octanol–water partition coefficient (Wildman–Crippen LogP) is 2.61. The maximum atomic E-state index is 13.8. The number of carbonyl (C=O) groups excluding carboxylic acids is 4. The third-order valence-corrected chi connectivity index (χ3v) is 9.77. The van der Waals surface area contributed by atoms with Gasteiger partial charge in [-0.2, -0.15) is 0 Å². The molecular weight excluding hydrogens is 508 g/mol. The Morgan fingerprint density at radius 1 is 1.10 bits per heavy atom. The van der Waals surface area contributed by atoms with Crippen LogP contribution in [0.3, 0.4) is 0 Å². The number of carbonyl (C=O) groups is 4. The van der Waals surface area contributed by atoms with E-state index in [-0.39, 0.29) is 36.7 Å². The van der Waals surface area contributed by atoms with Gasteiger partial charge >= 0.3 is 17.6 Å². The zero-order valence-corrected chi connectivity index (χ0v) is 22.6. The van der Waals surface area contributed by atoms with Crippen LogP contribution in [0.5, 0.6) is 0 Å². The molecule has 1 heterocycles. The normalized spacial score (nSPS) is 39.2. The Morgan fingerprint density at radius 2 is 1.82 bits per heavy atom. The first-order valence-corrected chi connectivity index (χ1v) is 13.4. The largest absolute Gasteiger partial charge is 0.493 e. The van der Waals surface area contributed by atoms with Crippen molar-refractivity contribution >= 4 is 24.0 Å². The highest BCUT2D eigenvalue weighted by Gasteiger charge is 2.71. The highest BCUT2D eigenvalue weighted by atomic mass is 16.6. The second kappa shape index (κ2) is 9.43. The second-order valence-electron chi connectivity index (χ2n) is 11.7. The van der Waals surface area contributed by atoms with E-state index in [0.717, 1.165) is 11.9 Å². The Bertz CT molecular complexity index is 1290. The molecule has 210 valence electrons. The van der Waals surface area contributed by atoms with Crippen LogP contribution in [0.15, 0.2) is 38.9 Å². The molecule has 10 nitrogen and oxygen atoms in total. The minimum Gasteiger partial charge on any atom is -0.493 e. The molecule has 8 atom stereocenters. The highest BCUT2D eigenvalue weighted by Crippen LogP contribution is 2.68. The molecule has 0 amide bonds. The van der Waals surface area contributed by atoms with Gasteiger partial charge in [0.15, 0.2) is 5.76 Å². The lowest BCUT2D eigenvalue weighted by molar-refractivity contribution is -0.245. The Labute approximate surface area is 225 Å². The van der Waals surface area contributed by atoms with Gasteiger partial charge in [0.05, 0.1) is 30.3 Å². The Hall–Kier alpha value is -3.27. The van der Waals surface area contributed by atoms with Gasteiger partial charge < -0.3 is 28.5 Å². The maximum absolute atomic E-state index is 13.8. The number of ether oxygens (including phenoxy) is 3. The number of esters is 2. The van der Waals surface area contributed by atoms with Crippen molar-refractivity contribution in [1.82, 2.24) is 0 Å². The third kappa shape index (κ3) is 3.90. The fourth-order valence-electron chi connectivity index (χ4n) is 8.49. The number of hydrogen-bond donors (Lipinski definition) is 1. The molecule has 10 heteroatoms. The molecule has 4 aliphatic carbocycles. The van der Waals surface area contributed by atoms with E-state index >= 15 is 0 Å². The fourth-order valence-corrected chi connectivity index (χ4v) is 8.49. The number of aliphatic hydroxyl groups is 1. The van der Waals surface area contributed by atoms with Crippen LogP contribution in [0.25, 0.3) is 0 Å². The summed E-state index contributed by atoms with van der Waals surface area (Å²) in [7, 11) is 1.44. The van der Waals surface area contributed by atoms with Crippen LogP contribution in [0.2, 0.25) is 0 Å². The number of ketones is 1. The lowest BCUT2D eigenvalue weighted by Gasteiger charge is -2.63. The SMILES string of the molecule is COC1=C2[C@@H]3CC[C@]4(O)C[C@@H](OC(C)=O)C[C@@H](OC(C)=O)[C@]4(C=O)[C@H]3CC[C@]2(C)[C@@H](c2ccc(=O)oc2)C1=O. The Kier molecular flexibility index (Phi) is 6.60. The van der Waals surface area contributed by atoms with Crippen molar-refractivity contribution in [3.8, 4) is 0 Å². The van der Waals surface area contributed by atoms with Gasteiger partial charge in [0, 0.05) is 38.2 Å². The van der Waals surface area contributed by atoms with Crippen LogP contribution in [0.1, 0.15) is 70.8 Å². The molecule has 3 saturated carbocycles. The molecule has 0 saturated heterocycles. The number of Topliss-reactive ketones (excluding diaryl/α,β-unsaturated/α-hetero) is 1. The minimum atomic E-state index is -1.58. The smallest absolute Gasteiger partial charge is 0.335 e. The highest BCUT2D eigenvalue weighted by molar-refractivity contribution is 6.03. The zero-order valence-electron chi connectivity index (χ0n) is 22.6. The number of allylic oxidation sites excluding steroid dienone is 2. The first-order valence-electron chi connectivity index (χ1n) is 13.4. The molecule has 0 spiro atoms. The van der Waals surface area contributed by atoms with E-state index in [1.807, 2.05) is 6.92 Å². The summed E-state index contributed by atoms with van der Waals surface area (Å²) in [5, 5.41) is 12.1. The van der Waals surface area contributed by atoms with Gasteiger partial charge in [-0.3, -0.25) is 14.4 Å². The lowest BCUT2D eigenvalue weighted by atomic mass is 9.43. The van der Waals surface area contributed by atoms with E-state index in [9.17, 15) is 29.1 Å². The summed E-state index contributed by atoms with van der Waals surface area (Å²) >= 11 is 0. The van der Waals surface area contributed by atoms with E-state index in [0.29, 0.717) is 24.8 Å². The average molecular weight is 543 g/mol. The zero-order chi connectivity index (χ0) is 28.3. The van der Waals surface area contributed by atoms with Crippen LogP contribution < -0.4 is 5.63 Å². The molecule has 1 N–H and O–H groups in total. The van der Waals surface area contributed by atoms with Gasteiger partial charge in [-0.25, -0.2) is 4.79 Å². The minimum absolute atomic E-state index is 0.0460. The fraction of sp³-hybridized carbons (Fsp3) is 0.621.